The molecule has 1 N–H and O–H groups in total. The summed E-state index contributed by atoms with van der Waals surface area (Å²) in [5.74, 6) is 0.341. The van der Waals surface area contributed by atoms with Crippen LogP contribution in [0.4, 0.5) is 11.5 Å². The Morgan fingerprint density at radius 1 is 1.35 bits per heavy atom. The first kappa shape index (κ1) is 16.4. The molecule has 0 unspecified atom stereocenters. The second kappa shape index (κ2) is 7.19. The molecule has 0 aliphatic carbocycles. The standard InChI is InChI=1S/C14H24N4O2/c1-10(2)17(11(3)4)7-6-15-14-13(18(19)20)8-12(5)9-16-14/h8-11H,6-7H2,1-5H3,(H,15,16). The summed E-state index contributed by atoms with van der Waals surface area (Å²) in [7, 11) is 0. The van der Waals surface area contributed by atoms with Crippen molar-refractivity contribution in [1.82, 2.24) is 9.88 Å². The number of nitro groups is 1. The second-order valence-corrected chi connectivity index (χ2v) is 5.49. The van der Waals surface area contributed by atoms with Gasteiger partial charge in [0.2, 0.25) is 5.82 Å². The van der Waals surface area contributed by atoms with Gasteiger partial charge in [-0.05, 0) is 40.2 Å². The molecule has 0 aromatic carbocycles. The maximum absolute atomic E-state index is 11.0. The Morgan fingerprint density at radius 2 is 1.95 bits per heavy atom. The smallest absolute Gasteiger partial charge is 0.311 e. The number of aryl methyl sites for hydroxylation is 1. The van der Waals surface area contributed by atoms with Gasteiger partial charge in [0.25, 0.3) is 0 Å². The predicted molar refractivity (Wildman–Crippen MR) is 81.1 cm³/mol. The Kier molecular flexibility index (Phi) is 5.88. The van der Waals surface area contributed by atoms with Crippen molar-refractivity contribution in [2.24, 2.45) is 0 Å². The van der Waals surface area contributed by atoms with Crippen molar-refractivity contribution in [2.45, 2.75) is 46.7 Å². The lowest BCUT2D eigenvalue weighted by Crippen LogP contribution is -2.40. The molecule has 0 aliphatic rings. The van der Waals surface area contributed by atoms with Crippen molar-refractivity contribution in [2.75, 3.05) is 18.4 Å². The fraction of sp³-hybridized carbons (Fsp3) is 0.643. The van der Waals surface area contributed by atoms with Crippen molar-refractivity contribution in [3.63, 3.8) is 0 Å². The predicted octanol–water partition coefficient (Wildman–Crippen LogP) is 2.83. The van der Waals surface area contributed by atoms with Crippen molar-refractivity contribution in [1.29, 1.82) is 0 Å². The molecule has 6 nitrogen and oxygen atoms in total. The van der Waals surface area contributed by atoms with E-state index >= 15 is 0 Å². The van der Waals surface area contributed by atoms with Crippen LogP contribution >= 0.6 is 0 Å². The normalized spacial score (nSPS) is 11.4. The highest BCUT2D eigenvalue weighted by atomic mass is 16.6. The van der Waals surface area contributed by atoms with Crippen molar-refractivity contribution < 1.29 is 4.92 Å². The molecule has 0 saturated heterocycles. The maximum atomic E-state index is 11.0. The minimum Gasteiger partial charge on any atom is -0.363 e. The third kappa shape index (κ3) is 4.45. The Hall–Kier alpha value is -1.69. The number of anilines is 1. The van der Waals surface area contributed by atoms with Gasteiger partial charge in [-0.3, -0.25) is 15.0 Å². The van der Waals surface area contributed by atoms with Crippen molar-refractivity contribution >= 4 is 11.5 Å². The third-order valence-electron chi connectivity index (χ3n) is 3.19. The minimum absolute atomic E-state index is 0.0330. The Bertz CT molecular complexity index is 452. The molecule has 20 heavy (non-hydrogen) atoms. The number of rotatable bonds is 7. The molecule has 0 saturated carbocycles. The van der Waals surface area contributed by atoms with E-state index < -0.39 is 4.92 Å². The number of aromatic nitrogens is 1. The lowest BCUT2D eigenvalue weighted by molar-refractivity contribution is -0.384. The molecule has 1 heterocycles. The number of hydrogen-bond acceptors (Lipinski definition) is 5. The van der Waals surface area contributed by atoms with Crippen LogP contribution in [0.5, 0.6) is 0 Å². The third-order valence-corrected chi connectivity index (χ3v) is 3.19. The summed E-state index contributed by atoms with van der Waals surface area (Å²) in [6.45, 7) is 11.8. The van der Waals surface area contributed by atoms with E-state index in [0.717, 1.165) is 12.1 Å². The van der Waals surface area contributed by atoms with Crippen molar-refractivity contribution in [3.8, 4) is 0 Å². The van der Waals surface area contributed by atoms with Gasteiger partial charge >= 0.3 is 5.69 Å². The summed E-state index contributed by atoms with van der Waals surface area (Å²) >= 11 is 0. The zero-order chi connectivity index (χ0) is 15.3. The van der Waals surface area contributed by atoms with Crippen LogP contribution in [0, 0.1) is 17.0 Å². The largest absolute Gasteiger partial charge is 0.363 e. The molecule has 1 rings (SSSR count). The van der Waals surface area contributed by atoms with Crippen LogP contribution in [-0.2, 0) is 0 Å². The number of nitrogens with zero attached hydrogens (tertiary/aromatic N) is 3. The van der Waals surface area contributed by atoms with E-state index in [0.29, 0.717) is 24.4 Å². The number of pyridine rings is 1. The van der Waals surface area contributed by atoms with Crippen LogP contribution < -0.4 is 5.32 Å². The molecular weight excluding hydrogens is 256 g/mol. The molecular formula is C14H24N4O2. The summed E-state index contributed by atoms with van der Waals surface area (Å²) in [6.07, 6.45) is 1.64. The zero-order valence-electron chi connectivity index (χ0n) is 12.9. The molecule has 6 heteroatoms. The van der Waals surface area contributed by atoms with E-state index in [1.165, 1.54) is 6.07 Å². The molecule has 0 bridgehead atoms. The fourth-order valence-corrected chi connectivity index (χ4v) is 2.25. The summed E-state index contributed by atoms with van der Waals surface area (Å²) in [5, 5.41) is 14.1. The van der Waals surface area contributed by atoms with E-state index in [1.54, 1.807) is 13.1 Å². The molecule has 112 valence electrons. The lowest BCUT2D eigenvalue weighted by atomic mass is 10.2. The summed E-state index contributed by atoms with van der Waals surface area (Å²) in [4.78, 5) is 17.0. The average Bonchev–Trinajstić information content (AvgIpc) is 2.34. The Labute approximate surface area is 120 Å². The topological polar surface area (TPSA) is 71.3 Å². The summed E-state index contributed by atoms with van der Waals surface area (Å²) in [5.41, 5.74) is 0.818. The van der Waals surface area contributed by atoms with E-state index in [1.807, 2.05) is 0 Å². The van der Waals surface area contributed by atoms with Crippen LogP contribution in [0.3, 0.4) is 0 Å². The van der Waals surface area contributed by atoms with Crippen molar-refractivity contribution in [3.05, 3.63) is 27.9 Å². The van der Waals surface area contributed by atoms with Crippen LogP contribution in [0.2, 0.25) is 0 Å². The molecule has 0 fully saturated rings. The molecule has 0 radical (unpaired) electrons. The van der Waals surface area contributed by atoms with Gasteiger partial charge in [-0.15, -0.1) is 0 Å². The highest BCUT2D eigenvalue weighted by molar-refractivity contribution is 5.56. The summed E-state index contributed by atoms with van der Waals surface area (Å²) < 4.78 is 0. The quantitative estimate of drug-likeness (QED) is 0.614. The Morgan fingerprint density at radius 3 is 2.45 bits per heavy atom. The van der Waals surface area contributed by atoms with Crippen LogP contribution in [0.25, 0.3) is 0 Å². The SMILES string of the molecule is Cc1cnc(NCCN(C(C)C)C(C)C)c([N+](=O)[O-])c1. The molecule has 0 amide bonds. The van der Waals surface area contributed by atoms with E-state index in [4.69, 9.17) is 0 Å². The molecule has 0 atom stereocenters. The van der Waals surface area contributed by atoms with E-state index in [-0.39, 0.29) is 5.69 Å². The van der Waals surface area contributed by atoms with Gasteiger partial charge in [0.1, 0.15) is 0 Å². The second-order valence-electron chi connectivity index (χ2n) is 5.49. The first-order valence-corrected chi connectivity index (χ1v) is 6.93. The van der Waals surface area contributed by atoms with Gasteiger partial charge in [0, 0.05) is 37.4 Å². The van der Waals surface area contributed by atoms with E-state index in [2.05, 4.69) is 42.9 Å². The van der Waals surface area contributed by atoms with E-state index in [9.17, 15) is 10.1 Å². The number of nitrogens with one attached hydrogen (secondary N) is 1. The monoisotopic (exact) mass is 280 g/mol. The van der Waals surface area contributed by atoms with Crippen LogP contribution in [-0.4, -0.2) is 40.0 Å². The Balaban J connectivity index is 2.68. The average molecular weight is 280 g/mol. The van der Waals surface area contributed by atoms with Gasteiger partial charge in [-0.25, -0.2) is 4.98 Å². The fourth-order valence-electron chi connectivity index (χ4n) is 2.25. The first-order valence-electron chi connectivity index (χ1n) is 6.93. The first-order chi connectivity index (χ1) is 9.32. The minimum atomic E-state index is -0.398. The zero-order valence-corrected chi connectivity index (χ0v) is 12.9. The van der Waals surface area contributed by atoms with Gasteiger partial charge in [-0.2, -0.15) is 0 Å². The van der Waals surface area contributed by atoms with Gasteiger partial charge in [-0.1, -0.05) is 0 Å². The van der Waals surface area contributed by atoms with Gasteiger partial charge < -0.3 is 5.32 Å². The van der Waals surface area contributed by atoms with Gasteiger partial charge in [0.15, 0.2) is 0 Å². The van der Waals surface area contributed by atoms with Crippen LogP contribution in [0.15, 0.2) is 12.3 Å². The molecule has 0 aliphatic heterocycles. The highest BCUT2D eigenvalue weighted by Crippen LogP contribution is 2.22. The van der Waals surface area contributed by atoms with Gasteiger partial charge in [0.05, 0.1) is 4.92 Å². The number of hydrogen-bond donors (Lipinski definition) is 1. The maximum Gasteiger partial charge on any atom is 0.311 e. The molecule has 1 aromatic rings. The molecule has 1 aromatic heterocycles. The highest BCUT2D eigenvalue weighted by Gasteiger charge is 2.16. The van der Waals surface area contributed by atoms with Crippen LogP contribution in [0.1, 0.15) is 33.3 Å². The molecule has 0 spiro atoms. The summed E-state index contributed by atoms with van der Waals surface area (Å²) in [6, 6.07) is 2.42. The lowest BCUT2D eigenvalue weighted by Gasteiger charge is -2.30.